The summed E-state index contributed by atoms with van der Waals surface area (Å²) in [7, 11) is 1.95. The van der Waals surface area contributed by atoms with Crippen LogP contribution in [0.4, 0.5) is 4.79 Å². The number of unbranched alkanes of at least 4 members (excludes halogenated alkanes) is 3. The van der Waals surface area contributed by atoms with Crippen molar-refractivity contribution in [3.63, 3.8) is 0 Å². The van der Waals surface area contributed by atoms with E-state index in [-0.39, 0.29) is 6.09 Å². The number of rotatable bonds is 11. The molecule has 0 rings (SSSR count). The van der Waals surface area contributed by atoms with E-state index in [9.17, 15) is 4.79 Å². The Kier molecular flexibility index (Phi) is 11.6. The van der Waals surface area contributed by atoms with Gasteiger partial charge in [0, 0.05) is 0 Å². The Balaban J connectivity index is 5.01. The van der Waals surface area contributed by atoms with Gasteiger partial charge in [0.1, 0.15) is 0 Å². The number of nitrogens with zero attached hydrogens (tertiary/aromatic N) is 1. The van der Waals surface area contributed by atoms with Crippen molar-refractivity contribution >= 4 is 24.5 Å². The number of hydrogen-bond acceptors (Lipinski definition) is 2. The van der Waals surface area contributed by atoms with Crippen molar-refractivity contribution in [1.29, 1.82) is 0 Å². The Morgan fingerprint density at radius 1 is 0.913 bits per heavy atom. The fourth-order valence-corrected chi connectivity index (χ4v) is 19.4. The summed E-state index contributed by atoms with van der Waals surface area (Å²) in [5.41, 5.74) is -0.403. The zero-order valence-electron chi connectivity index (χ0n) is 16.8. The van der Waals surface area contributed by atoms with Crippen molar-refractivity contribution in [2.24, 2.45) is 0 Å². The van der Waals surface area contributed by atoms with Gasteiger partial charge in [0.25, 0.3) is 0 Å². The normalized spacial score (nSPS) is 12.3. The van der Waals surface area contributed by atoms with Gasteiger partial charge in [-0.1, -0.05) is 0 Å². The van der Waals surface area contributed by atoms with Crippen LogP contribution in [0, 0.1) is 0 Å². The molecule has 0 unspecified atom stereocenters. The Morgan fingerprint density at radius 2 is 1.30 bits per heavy atom. The van der Waals surface area contributed by atoms with Crippen molar-refractivity contribution in [1.82, 2.24) is 4.90 Å². The van der Waals surface area contributed by atoms with Crippen LogP contribution in [0.3, 0.4) is 0 Å². The minimum atomic E-state index is -2.30. The van der Waals surface area contributed by atoms with Crippen molar-refractivity contribution in [2.75, 3.05) is 11.6 Å². The summed E-state index contributed by atoms with van der Waals surface area (Å²) in [6, 6.07) is 0. The third-order valence-electron chi connectivity index (χ3n) is 4.46. The maximum absolute atomic E-state index is 12.4. The van der Waals surface area contributed by atoms with E-state index in [4.69, 9.17) is 4.74 Å². The summed E-state index contributed by atoms with van der Waals surface area (Å²) in [5.74, 6) is 0. The van der Waals surface area contributed by atoms with Crippen LogP contribution < -0.4 is 0 Å². The van der Waals surface area contributed by atoms with Gasteiger partial charge in [0.2, 0.25) is 0 Å². The molecule has 0 radical (unpaired) electrons. The first-order chi connectivity index (χ1) is 10.7. The number of hydrogen-bond donors (Lipinski definition) is 0. The molecule has 1 amide bonds. The second-order valence-corrected chi connectivity index (χ2v) is 21.9. The number of amides is 1. The fraction of sp³-hybridized carbons (Fsp3) is 0.947. The van der Waals surface area contributed by atoms with E-state index in [1.54, 1.807) is 0 Å². The Labute approximate surface area is 149 Å². The molecule has 0 aliphatic heterocycles. The number of ether oxygens (including phenoxy) is 1. The molecule has 0 fully saturated rings. The molecule has 4 heteroatoms. The van der Waals surface area contributed by atoms with Gasteiger partial charge in [-0.15, -0.1) is 0 Å². The first kappa shape index (κ1) is 23.1. The van der Waals surface area contributed by atoms with Gasteiger partial charge in [-0.3, -0.25) is 0 Å². The van der Waals surface area contributed by atoms with Crippen LogP contribution in [-0.2, 0) is 4.74 Å². The van der Waals surface area contributed by atoms with Crippen LogP contribution in [-0.4, -0.2) is 46.6 Å². The van der Waals surface area contributed by atoms with Crippen molar-refractivity contribution in [3.8, 4) is 0 Å². The summed E-state index contributed by atoms with van der Waals surface area (Å²) < 4.78 is 10.9. The quantitative estimate of drug-likeness (QED) is 0.360. The second-order valence-electron chi connectivity index (χ2n) is 8.15. The third kappa shape index (κ3) is 10.5. The van der Waals surface area contributed by atoms with E-state index >= 15 is 0 Å². The molecule has 3 nitrogen and oxygen atoms in total. The molecule has 0 aromatic rings. The molecule has 0 heterocycles. The minimum absolute atomic E-state index is 0.136. The van der Waals surface area contributed by atoms with Gasteiger partial charge in [0.15, 0.2) is 0 Å². The Bertz CT molecular complexity index is 304. The molecule has 23 heavy (non-hydrogen) atoms. The maximum atomic E-state index is 12.4. The summed E-state index contributed by atoms with van der Waals surface area (Å²) >= 11 is -2.30. The second kappa shape index (κ2) is 11.6. The van der Waals surface area contributed by atoms with Gasteiger partial charge in [-0.25, -0.2) is 0 Å². The third-order valence-corrected chi connectivity index (χ3v) is 19.8. The zero-order valence-corrected chi connectivity index (χ0v) is 19.7. The van der Waals surface area contributed by atoms with Gasteiger partial charge in [-0.05, 0) is 0 Å². The van der Waals surface area contributed by atoms with Gasteiger partial charge >= 0.3 is 149 Å². The molecular weight excluding hydrogens is 393 g/mol. The molecule has 0 spiro atoms. The molecule has 0 N–H and O–H groups in total. The molecule has 0 atom stereocenters. The predicted octanol–water partition coefficient (Wildman–Crippen LogP) is 6.24. The molecule has 0 bridgehead atoms. The van der Waals surface area contributed by atoms with E-state index in [0.717, 1.165) is 4.56 Å². The SMILES string of the molecule is CCC[CH2][Sn]([CH2]CCC)([CH2]CCC)[CH2]N(C)C(=O)OC(C)(C)C. The van der Waals surface area contributed by atoms with Crippen LogP contribution in [0.1, 0.15) is 80.1 Å². The standard InChI is InChI=1S/C7H14NO2.3C4H9.Sn/c1-7(2,3)10-6(9)8(4)5;3*1-3-4-2;/h4H2,1-3,5H3;3*1,3-4H2,2H3;. The number of carbonyl (C=O) groups is 1. The first-order valence-corrected chi connectivity index (χ1v) is 17.7. The summed E-state index contributed by atoms with van der Waals surface area (Å²) in [6.07, 6.45) is 7.69. The average molecular weight is 434 g/mol. The van der Waals surface area contributed by atoms with Crippen molar-refractivity contribution in [3.05, 3.63) is 0 Å². The van der Waals surface area contributed by atoms with Crippen LogP contribution >= 0.6 is 0 Å². The summed E-state index contributed by atoms with van der Waals surface area (Å²) in [4.78, 5) is 14.3. The fourth-order valence-electron chi connectivity index (χ4n) is 3.18. The molecule has 138 valence electrons. The summed E-state index contributed by atoms with van der Waals surface area (Å²) in [6.45, 7) is 12.7. The molecule has 0 aromatic heterocycles. The molecule has 0 saturated carbocycles. The molecule has 0 aliphatic rings. The monoisotopic (exact) mass is 435 g/mol. The summed E-state index contributed by atoms with van der Waals surface area (Å²) in [5, 5.41) is 0. The Morgan fingerprint density at radius 3 is 1.61 bits per heavy atom. The molecule has 0 saturated heterocycles. The van der Waals surface area contributed by atoms with Gasteiger partial charge in [0.05, 0.1) is 0 Å². The van der Waals surface area contributed by atoms with Gasteiger partial charge in [-0.2, -0.15) is 0 Å². The van der Waals surface area contributed by atoms with E-state index in [1.165, 1.54) is 51.8 Å². The van der Waals surface area contributed by atoms with E-state index in [0.29, 0.717) is 0 Å². The molecular formula is C19H41NO2Sn. The Hall–Kier alpha value is 0.0687. The van der Waals surface area contributed by atoms with Gasteiger partial charge < -0.3 is 0 Å². The van der Waals surface area contributed by atoms with Crippen LogP contribution in [0.5, 0.6) is 0 Å². The van der Waals surface area contributed by atoms with Crippen LogP contribution in [0.2, 0.25) is 13.3 Å². The van der Waals surface area contributed by atoms with E-state index in [1.807, 2.05) is 32.7 Å². The zero-order chi connectivity index (χ0) is 17.9. The topological polar surface area (TPSA) is 29.5 Å². The first-order valence-electron chi connectivity index (χ1n) is 9.63. The van der Waals surface area contributed by atoms with Crippen molar-refractivity contribution in [2.45, 2.75) is 99.0 Å². The molecule has 0 aromatic carbocycles. The van der Waals surface area contributed by atoms with Crippen LogP contribution in [0.25, 0.3) is 0 Å². The van der Waals surface area contributed by atoms with Crippen molar-refractivity contribution < 1.29 is 9.53 Å². The average Bonchev–Trinajstić information content (AvgIpc) is 2.46. The molecule has 0 aliphatic carbocycles. The van der Waals surface area contributed by atoms with Crippen LogP contribution in [0.15, 0.2) is 0 Å². The van der Waals surface area contributed by atoms with E-state index in [2.05, 4.69) is 20.8 Å². The number of carbonyl (C=O) groups excluding carboxylic acids is 1. The van der Waals surface area contributed by atoms with E-state index < -0.39 is 24.0 Å². The predicted molar refractivity (Wildman–Crippen MR) is 104 cm³/mol.